The molecule has 0 unspecified atom stereocenters. The molecule has 6 heteroatoms. The summed E-state index contributed by atoms with van der Waals surface area (Å²) in [4.78, 5) is 20.5. The van der Waals surface area contributed by atoms with Gasteiger partial charge >= 0.3 is 0 Å². The molecule has 0 aromatic carbocycles. The number of nitrogens with zero attached hydrogens (tertiary/aromatic N) is 3. The fourth-order valence-corrected chi connectivity index (χ4v) is 3.36. The molecular weight excluding hydrogens is 304 g/mol. The van der Waals surface area contributed by atoms with Gasteiger partial charge in [0.15, 0.2) is 0 Å². The number of amides is 1. The monoisotopic (exact) mass is 328 g/mol. The first-order valence-electron chi connectivity index (χ1n) is 8.78. The molecule has 24 heavy (non-hydrogen) atoms. The largest absolute Gasteiger partial charge is 0.353 e. The smallest absolute Gasteiger partial charge is 0.227 e. The van der Waals surface area contributed by atoms with Crippen LogP contribution in [-0.4, -0.2) is 27.1 Å². The van der Waals surface area contributed by atoms with Crippen molar-refractivity contribution in [3.8, 4) is 11.4 Å². The van der Waals surface area contributed by atoms with Gasteiger partial charge in [-0.3, -0.25) is 9.78 Å². The molecule has 0 aliphatic heterocycles. The number of carbonyl (C=O) groups is 1. The van der Waals surface area contributed by atoms with E-state index in [1.807, 2.05) is 12.1 Å². The van der Waals surface area contributed by atoms with Crippen molar-refractivity contribution in [2.75, 3.05) is 0 Å². The molecular formula is C18H24N4O2. The Morgan fingerprint density at radius 2 is 2.08 bits per heavy atom. The molecule has 2 heterocycles. The molecule has 1 aliphatic carbocycles. The lowest BCUT2D eigenvalue weighted by Gasteiger charge is -2.31. The van der Waals surface area contributed by atoms with Gasteiger partial charge in [-0.05, 0) is 30.9 Å². The van der Waals surface area contributed by atoms with Crippen LogP contribution in [-0.2, 0) is 11.2 Å². The number of aromatic nitrogens is 3. The molecule has 1 amide bonds. The number of carbonyl (C=O) groups excluding carboxylic acids is 1. The highest BCUT2D eigenvalue weighted by Crippen LogP contribution is 2.26. The average Bonchev–Trinajstić information content (AvgIpc) is 3.10. The molecule has 0 spiro atoms. The van der Waals surface area contributed by atoms with Gasteiger partial charge in [-0.2, -0.15) is 4.98 Å². The van der Waals surface area contributed by atoms with Crippen molar-refractivity contribution < 1.29 is 9.32 Å². The summed E-state index contributed by atoms with van der Waals surface area (Å²) in [6.45, 7) is 2.20. The van der Waals surface area contributed by atoms with Crippen molar-refractivity contribution in [1.29, 1.82) is 0 Å². The first-order valence-corrected chi connectivity index (χ1v) is 8.78. The molecule has 2 aromatic rings. The summed E-state index contributed by atoms with van der Waals surface area (Å²) in [7, 11) is 0. The summed E-state index contributed by atoms with van der Waals surface area (Å²) < 4.78 is 5.24. The van der Waals surface area contributed by atoms with E-state index in [4.69, 9.17) is 4.52 Å². The van der Waals surface area contributed by atoms with Gasteiger partial charge in [0.1, 0.15) is 0 Å². The minimum Gasteiger partial charge on any atom is -0.353 e. The summed E-state index contributed by atoms with van der Waals surface area (Å²) in [5, 5.41) is 7.15. The lowest BCUT2D eigenvalue weighted by atomic mass is 9.83. The SMILES string of the molecule is CC[C@H]1CCCC[C@H]1NC(=O)CCc1nc(-c2ccncc2)no1. The van der Waals surface area contributed by atoms with Gasteiger partial charge in [0.25, 0.3) is 0 Å². The van der Waals surface area contributed by atoms with Crippen LogP contribution in [0.1, 0.15) is 51.3 Å². The molecule has 1 N–H and O–H groups in total. The fourth-order valence-electron chi connectivity index (χ4n) is 3.36. The average molecular weight is 328 g/mol. The molecule has 128 valence electrons. The quantitative estimate of drug-likeness (QED) is 0.881. The van der Waals surface area contributed by atoms with Crippen LogP contribution in [0.2, 0.25) is 0 Å². The van der Waals surface area contributed by atoms with Crippen LogP contribution in [0, 0.1) is 5.92 Å². The summed E-state index contributed by atoms with van der Waals surface area (Å²) in [5.41, 5.74) is 0.859. The third kappa shape index (κ3) is 4.19. The third-order valence-corrected chi connectivity index (χ3v) is 4.75. The van der Waals surface area contributed by atoms with Crippen molar-refractivity contribution >= 4 is 5.91 Å². The third-order valence-electron chi connectivity index (χ3n) is 4.75. The van der Waals surface area contributed by atoms with Crippen molar-refractivity contribution in [2.45, 2.75) is 57.9 Å². The molecule has 2 aromatic heterocycles. The van der Waals surface area contributed by atoms with Crippen LogP contribution in [0.4, 0.5) is 0 Å². The van der Waals surface area contributed by atoms with E-state index >= 15 is 0 Å². The molecule has 2 atom stereocenters. The van der Waals surface area contributed by atoms with E-state index in [-0.39, 0.29) is 5.91 Å². The highest BCUT2D eigenvalue weighted by atomic mass is 16.5. The Labute approximate surface area is 142 Å². The molecule has 0 bridgehead atoms. The molecule has 0 saturated heterocycles. The zero-order valence-electron chi connectivity index (χ0n) is 14.1. The van der Waals surface area contributed by atoms with E-state index < -0.39 is 0 Å². The predicted molar refractivity (Wildman–Crippen MR) is 90.0 cm³/mol. The van der Waals surface area contributed by atoms with E-state index in [0.717, 1.165) is 18.4 Å². The van der Waals surface area contributed by atoms with Gasteiger partial charge in [0, 0.05) is 36.8 Å². The van der Waals surface area contributed by atoms with Crippen molar-refractivity contribution in [2.24, 2.45) is 5.92 Å². The van der Waals surface area contributed by atoms with E-state index in [0.29, 0.717) is 36.5 Å². The normalized spacial score (nSPS) is 20.7. The standard InChI is InChI=1S/C18H24N4O2/c1-2-13-5-3-4-6-15(13)20-16(23)7-8-17-21-18(22-24-17)14-9-11-19-12-10-14/h9-13,15H,2-8H2,1H3,(H,20,23)/t13-,15+/m0/s1. The predicted octanol–water partition coefficient (Wildman–Crippen LogP) is 3.15. The van der Waals surface area contributed by atoms with Crippen molar-refractivity contribution in [3.05, 3.63) is 30.4 Å². The van der Waals surface area contributed by atoms with Gasteiger partial charge in [-0.25, -0.2) is 0 Å². The van der Waals surface area contributed by atoms with Crippen LogP contribution in [0.25, 0.3) is 11.4 Å². The Hall–Kier alpha value is -2.24. The molecule has 1 fully saturated rings. The topological polar surface area (TPSA) is 80.9 Å². The van der Waals surface area contributed by atoms with Crippen molar-refractivity contribution in [1.82, 2.24) is 20.4 Å². The molecule has 1 saturated carbocycles. The Balaban J connectivity index is 1.50. The Morgan fingerprint density at radius 3 is 2.88 bits per heavy atom. The second-order valence-corrected chi connectivity index (χ2v) is 6.37. The Morgan fingerprint density at radius 1 is 1.29 bits per heavy atom. The van der Waals surface area contributed by atoms with E-state index in [1.165, 1.54) is 19.3 Å². The fraction of sp³-hybridized carbons (Fsp3) is 0.556. The van der Waals surface area contributed by atoms with Gasteiger partial charge in [-0.15, -0.1) is 0 Å². The first kappa shape index (κ1) is 16.6. The number of hydrogen-bond acceptors (Lipinski definition) is 5. The zero-order valence-corrected chi connectivity index (χ0v) is 14.1. The first-order chi connectivity index (χ1) is 11.8. The van der Waals surface area contributed by atoms with Crippen molar-refractivity contribution in [3.63, 3.8) is 0 Å². The van der Waals surface area contributed by atoms with E-state index in [2.05, 4.69) is 27.4 Å². The maximum absolute atomic E-state index is 12.2. The van der Waals surface area contributed by atoms with Crippen LogP contribution in [0.15, 0.2) is 29.0 Å². The Bertz CT molecular complexity index is 656. The summed E-state index contributed by atoms with van der Waals surface area (Å²) >= 11 is 0. The summed E-state index contributed by atoms with van der Waals surface area (Å²) in [6, 6.07) is 3.98. The molecule has 3 rings (SSSR count). The summed E-state index contributed by atoms with van der Waals surface area (Å²) in [6.07, 6.45) is 10.2. The number of nitrogens with one attached hydrogen (secondary N) is 1. The molecule has 1 aliphatic rings. The minimum absolute atomic E-state index is 0.0732. The number of aryl methyl sites for hydroxylation is 1. The molecule has 6 nitrogen and oxygen atoms in total. The van der Waals surface area contributed by atoms with Crippen LogP contribution >= 0.6 is 0 Å². The van der Waals surface area contributed by atoms with Crippen LogP contribution in [0.3, 0.4) is 0 Å². The zero-order chi connectivity index (χ0) is 16.8. The number of pyridine rings is 1. The highest BCUT2D eigenvalue weighted by Gasteiger charge is 2.25. The highest BCUT2D eigenvalue weighted by molar-refractivity contribution is 5.76. The van der Waals surface area contributed by atoms with Gasteiger partial charge in [0.05, 0.1) is 0 Å². The second kappa shape index (κ2) is 8.04. The summed E-state index contributed by atoms with van der Waals surface area (Å²) in [5.74, 6) is 1.71. The van der Waals surface area contributed by atoms with Crippen LogP contribution < -0.4 is 5.32 Å². The maximum Gasteiger partial charge on any atom is 0.227 e. The van der Waals surface area contributed by atoms with E-state index in [1.54, 1.807) is 12.4 Å². The minimum atomic E-state index is 0.0732. The molecule has 0 radical (unpaired) electrons. The van der Waals surface area contributed by atoms with Gasteiger partial charge < -0.3 is 9.84 Å². The lowest BCUT2D eigenvalue weighted by molar-refractivity contribution is -0.122. The lowest BCUT2D eigenvalue weighted by Crippen LogP contribution is -2.42. The number of rotatable bonds is 6. The second-order valence-electron chi connectivity index (χ2n) is 6.37. The maximum atomic E-state index is 12.2. The number of hydrogen-bond donors (Lipinski definition) is 1. The Kier molecular flexibility index (Phi) is 5.56. The van der Waals surface area contributed by atoms with E-state index in [9.17, 15) is 4.79 Å². The van der Waals surface area contributed by atoms with Crippen LogP contribution in [0.5, 0.6) is 0 Å². The van der Waals surface area contributed by atoms with Gasteiger partial charge in [-0.1, -0.05) is 31.3 Å². The van der Waals surface area contributed by atoms with Gasteiger partial charge in [0.2, 0.25) is 17.6 Å².